The molecule has 1 aromatic heterocycles. The van der Waals surface area contributed by atoms with Crippen LogP contribution in [0.2, 0.25) is 0 Å². The minimum atomic E-state index is -0.00635. The molecule has 0 amide bonds. The first-order valence-corrected chi connectivity index (χ1v) is 13.5. The van der Waals surface area contributed by atoms with Gasteiger partial charge in [0.15, 0.2) is 5.82 Å². The standard InChI is InChI=1S/C37H26N2/c1-37(2)31-15-9-8-14-29(31)30-21-27-20-26(17-16-25(27)22-32(30)37)36-38-33-19-18-23-10-6-7-13-28(23)34(33)35(39-36)24-11-4-3-5-12-24/h3-22H,1-2H3. The molecule has 0 saturated carbocycles. The van der Waals surface area contributed by atoms with Gasteiger partial charge in [0, 0.05) is 21.9 Å². The minimum Gasteiger partial charge on any atom is -0.228 e. The van der Waals surface area contributed by atoms with E-state index < -0.39 is 0 Å². The molecule has 0 unspecified atom stereocenters. The summed E-state index contributed by atoms with van der Waals surface area (Å²) >= 11 is 0. The van der Waals surface area contributed by atoms with Crippen molar-refractivity contribution < 1.29 is 0 Å². The van der Waals surface area contributed by atoms with Gasteiger partial charge in [-0.05, 0) is 68.1 Å². The predicted molar refractivity (Wildman–Crippen MR) is 163 cm³/mol. The summed E-state index contributed by atoms with van der Waals surface area (Å²) in [5.41, 5.74) is 9.51. The van der Waals surface area contributed by atoms with Crippen molar-refractivity contribution in [3.63, 3.8) is 0 Å². The van der Waals surface area contributed by atoms with E-state index >= 15 is 0 Å². The second-order valence-corrected chi connectivity index (χ2v) is 11.1. The van der Waals surface area contributed by atoms with Crippen LogP contribution in [0.15, 0.2) is 121 Å². The molecule has 0 spiro atoms. The molecule has 0 saturated heterocycles. The molecule has 8 rings (SSSR count). The molecule has 2 nitrogen and oxygen atoms in total. The summed E-state index contributed by atoms with van der Waals surface area (Å²) in [5.74, 6) is 0.750. The highest BCUT2D eigenvalue weighted by Gasteiger charge is 2.35. The molecule has 7 aromatic rings. The van der Waals surface area contributed by atoms with Gasteiger partial charge in [0.2, 0.25) is 0 Å². The van der Waals surface area contributed by atoms with Crippen LogP contribution in [0.5, 0.6) is 0 Å². The van der Waals surface area contributed by atoms with Crippen LogP contribution in [0.1, 0.15) is 25.0 Å². The van der Waals surface area contributed by atoms with Gasteiger partial charge in [0.25, 0.3) is 0 Å². The molecule has 1 heterocycles. The maximum atomic E-state index is 5.22. The number of hydrogen-bond donors (Lipinski definition) is 0. The van der Waals surface area contributed by atoms with Gasteiger partial charge >= 0.3 is 0 Å². The molecule has 1 aliphatic rings. The van der Waals surface area contributed by atoms with Crippen LogP contribution in [0.3, 0.4) is 0 Å². The molecular formula is C37H26N2. The fourth-order valence-corrected chi connectivity index (χ4v) is 6.42. The van der Waals surface area contributed by atoms with Crippen LogP contribution in [-0.2, 0) is 5.41 Å². The number of benzene rings is 6. The van der Waals surface area contributed by atoms with Crippen LogP contribution in [0.4, 0.5) is 0 Å². The average molecular weight is 499 g/mol. The second kappa shape index (κ2) is 8.09. The van der Waals surface area contributed by atoms with Gasteiger partial charge < -0.3 is 0 Å². The third-order valence-electron chi connectivity index (χ3n) is 8.43. The van der Waals surface area contributed by atoms with E-state index in [0.29, 0.717) is 0 Å². The molecule has 0 aliphatic heterocycles. The average Bonchev–Trinajstić information content (AvgIpc) is 3.21. The summed E-state index contributed by atoms with van der Waals surface area (Å²) in [4.78, 5) is 10.3. The Balaban J connectivity index is 1.36. The summed E-state index contributed by atoms with van der Waals surface area (Å²) in [6, 6.07) is 43.4. The van der Waals surface area contributed by atoms with E-state index in [1.807, 2.05) is 6.07 Å². The molecule has 0 bridgehead atoms. The van der Waals surface area contributed by atoms with E-state index in [1.54, 1.807) is 0 Å². The summed E-state index contributed by atoms with van der Waals surface area (Å²) in [5, 5.41) is 5.92. The number of fused-ring (bicyclic) bond motifs is 7. The minimum absolute atomic E-state index is 0.00635. The summed E-state index contributed by atoms with van der Waals surface area (Å²) in [7, 11) is 0. The van der Waals surface area contributed by atoms with Crippen LogP contribution in [-0.4, -0.2) is 9.97 Å². The second-order valence-electron chi connectivity index (χ2n) is 11.1. The van der Waals surface area contributed by atoms with E-state index in [1.165, 1.54) is 43.8 Å². The van der Waals surface area contributed by atoms with E-state index in [4.69, 9.17) is 9.97 Å². The molecule has 0 atom stereocenters. The first kappa shape index (κ1) is 22.2. The maximum Gasteiger partial charge on any atom is 0.160 e. The molecule has 6 aromatic carbocycles. The molecule has 2 heteroatoms. The van der Waals surface area contributed by atoms with Crippen molar-refractivity contribution in [3.05, 3.63) is 132 Å². The highest BCUT2D eigenvalue weighted by molar-refractivity contribution is 6.12. The Hall–Kier alpha value is -4.82. The summed E-state index contributed by atoms with van der Waals surface area (Å²) < 4.78 is 0. The van der Waals surface area contributed by atoms with Crippen LogP contribution in [0, 0.1) is 0 Å². The molecule has 0 radical (unpaired) electrons. The molecule has 0 fully saturated rings. The van der Waals surface area contributed by atoms with Crippen molar-refractivity contribution in [2.45, 2.75) is 19.3 Å². The third-order valence-corrected chi connectivity index (χ3v) is 8.43. The van der Waals surface area contributed by atoms with Crippen molar-refractivity contribution >= 4 is 32.4 Å². The normalized spacial score (nSPS) is 13.6. The zero-order chi connectivity index (χ0) is 26.1. The SMILES string of the molecule is CC1(C)c2ccccc2-c2cc3cc(-c4nc(-c5ccccc5)c5c(ccc6ccccc65)n4)ccc3cc21. The Morgan fingerprint density at radius 2 is 1.28 bits per heavy atom. The number of hydrogen-bond acceptors (Lipinski definition) is 2. The fourth-order valence-electron chi connectivity index (χ4n) is 6.42. The van der Waals surface area contributed by atoms with E-state index in [0.717, 1.165) is 33.5 Å². The first-order valence-electron chi connectivity index (χ1n) is 13.5. The van der Waals surface area contributed by atoms with Gasteiger partial charge in [-0.25, -0.2) is 9.97 Å². The Kier molecular flexibility index (Phi) is 4.60. The lowest BCUT2D eigenvalue weighted by molar-refractivity contribution is 0.661. The molecule has 39 heavy (non-hydrogen) atoms. The molecule has 0 N–H and O–H groups in total. The van der Waals surface area contributed by atoms with Gasteiger partial charge in [-0.15, -0.1) is 0 Å². The Labute approximate surface area is 227 Å². The molecule has 1 aliphatic carbocycles. The van der Waals surface area contributed by atoms with E-state index in [2.05, 4.69) is 129 Å². The van der Waals surface area contributed by atoms with Crippen molar-refractivity contribution in [3.8, 4) is 33.8 Å². The summed E-state index contributed by atoms with van der Waals surface area (Å²) in [6.07, 6.45) is 0. The molecular weight excluding hydrogens is 472 g/mol. The van der Waals surface area contributed by atoms with Gasteiger partial charge in [0.1, 0.15) is 0 Å². The quantitative estimate of drug-likeness (QED) is 0.222. The van der Waals surface area contributed by atoms with Crippen LogP contribution in [0.25, 0.3) is 66.2 Å². The van der Waals surface area contributed by atoms with Gasteiger partial charge in [-0.3, -0.25) is 0 Å². The number of nitrogens with zero attached hydrogens (tertiary/aromatic N) is 2. The zero-order valence-corrected chi connectivity index (χ0v) is 21.9. The number of aromatic nitrogens is 2. The van der Waals surface area contributed by atoms with Gasteiger partial charge in [-0.1, -0.05) is 111 Å². The maximum absolute atomic E-state index is 5.22. The highest BCUT2D eigenvalue weighted by atomic mass is 14.9. The van der Waals surface area contributed by atoms with Crippen molar-refractivity contribution in [1.82, 2.24) is 9.97 Å². The third kappa shape index (κ3) is 3.28. The smallest absolute Gasteiger partial charge is 0.160 e. The lowest BCUT2D eigenvalue weighted by atomic mass is 9.82. The first-order chi connectivity index (χ1) is 19.1. The van der Waals surface area contributed by atoms with Crippen LogP contribution < -0.4 is 0 Å². The monoisotopic (exact) mass is 498 g/mol. The number of rotatable bonds is 2. The topological polar surface area (TPSA) is 25.8 Å². The Morgan fingerprint density at radius 3 is 2.18 bits per heavy atom. The highest BCUT2D eigenvalue weighted by Crippen LogP contribution is 2.49. The van der Waals surface area contributed by atoms with Crippen LogP contribution >= 0.6 is 0 Å². The van der Waals surface area contributed by atoms with Crippen molar-refractivity contribution in [2.24, 2.45) is 0 Å². The Bertz CT molecular complexity index is 2090. The van der Waals surface area contributed by atoms with Gasteiger partial charge in [0.05, 0.1) is 11.2 Å². The lowest BCUT2D eigenvalue weighted by Crippen LogP contribution is -2.14. The molecule has 184 valence electrons. The van der Waals surface area contributed by atoms with E-state index in [9.17, 15) is 0 Å². The zero-order valence-electron chi connectivity index (χ0n) is 21.9. The lowest BCUT2D eigenvalue weighted by Gasteiger charge is -2.21. The summed E-state index contributed by atoms with van der Waals surface area (Å²) in [6.45, 7) is 4.66. The Morgan fingerprint density at radius 1 is 0.513 bits per heavy atom. The fraction of sp³-hybridized carbons (Fsp3) is 0.0811. The predicted octanol–water partition coefficient (Wildman–Crippen LogP) is 9.58. The van der Waals surface area contributed by atoms with Crippen molar-refractivity contribution in [2.75, 3.05) is 0 Å². The van der Waals surface area contributed by atoms with Crippen molar-refractivity contribution in [1.29, 1.82) is 0 Å². The van der Waals surface area contributed by atoms with E-state index in [-0.39, 0.29) is 5.41 Å². The largest absolute Gasteiger partial charge is 0.228 e. The van der Waals surface area contributed by atoms with Gasteiger partial charge in [-0.2, -0.15) is 0 Å².